The van der Waals surface area contributed by atoms with E-state index in [1.165, 1.54) is 0 Å². The Morgan fingerprint density at radius 2 is 2.11 bits per heavy atom. The van der Waals surface area contributed by atoms with Crippen molar-refractivity contribution in [3.05, 3.63) is 0 Å². The number of hydrogen-bond donors (Lipinski definition) is 2. The number of nitrogens with one attached hydrogen (secondary N) is 2. The van der Waals surface area contributed by atoms with Gasteiger partial charge >= 0.3 is 0 Å². The summed E-state index contributed by atoms with van der Waals surface area (Å²) in [5.41, 5.74) is 0. The number of carbonyl (C=O) groups excluding carboxylic acids is 2. The molecule has 1 fully saturated rings. The van der Waals surface area contributed by atoms with Gasteiger partial charge in [0.15, 0.2) is 0 Å². The molecule has 0 aromatic heterocycles. The predicted octanol–water partition coefficient (Wildman–Crippen LogP) is 0.502. The molecule has 1 atom stereocenters. The van der Waals surface area contributed by atoms with E-state index in [-0.39, 0.29) is 17.9 Å². The van der Waals surface area contributed by atoms with Crippen molar-refractivity contribution in [3.63, 3.8) is 0 Å². The molecule has 1 unspecified atom stereocenters. The number of amides is 2. The van der Waals surface area contributed by atoms with Crippen molar-refractivity contribution < 1.29 is 9.59 Å². The molecule has 0 saturated carbocycles. The number of carbonyl (C=O) groups is 2. The van der Waals surface area contributed by atoms with Gasteiger partial charge in [0.25, 0.3) is 0 Å². The fourth-order valence-corrected chi connectivity index (χ4v) is 2.14. The maximum absolute atomic E-state index is 11.9. The van der Waals surface area contributed by atoms with E-state index in [0.29, 0.717) is 25.3 Å². The summed E-state index contributed by atoms with van der Waals surface area (Å²) < 4.78 is 0. The Labute approximate surface area is 109 Å². The summed E-state index contributed by atoms with van der Waals surface area (Å²) in [5.74, 6) is 0.170. The van der Waals surface area contributed by atoms with Gasteiger partial charge in [0, 0.05) is 38.5 Å². The van der Waals surface area contributed by atoms with Crippen LogP contribution >= 0.6 is 0 Å². The SMILES string of the molecule is CC(C)NC(=O)CCCC(=O)N(C)C1CCNC1. The number of rotatable bonds is 6. The monoisotopic (exact) mass is 255 g/mol. The lowest BCUT2D eigenvalue weighted by Gasteiger charge is -2.23. The summed E-state index contributed by atoms with van der Waals surface area (Å²) in [6, 6.07) is 0.488. The Hall–Kier alpha value is -1.10. The van der Waals surface area contributed by atoms with Gasteiger partial charge in [0.2, 0.25) is 11.8 Å². The van der Waals surface area contributed by atoms with E-state index < -0.39 is 0 Å². The zero-order valence-electron chi connectivity index (χ0n) is 11.7. The smallest absolute Gasteiger partial charge is 0.222 e. The molecule has 1 saturated heterocycles. The highest BCUT2D eigenvalue weighted by Gasteiger charge is 2.22. The quantitative estimate of drug-likeness (QED) is 0.726. The molecule has 1 heterocycles. The van der Waals surface area contributed by atoms with Gasteiger partial charge in [-0.25, -0.2) is 0 Å². The van der Waals surface area contributed by atoms with Crippen LogP contribution in [0.5, 0.6) is 0 Å². The van der Waals surface area contributed by atoms with Gasteiger partial charge in [-0.05, 0) is 33.2 Å². The minimum absolute atomic E-state index is 0.0305. The van der Waals surface area contributed by atoms with E-state index in [2.05, 4.69) is 10.6 Å². The summed E-state index contributed by atoms with van der Waals surface area (Å²) in [5, 5.41) is 6.07. The van der Waals surface area contributed by atoms with Crippen LogP contribution in [0, 0.1) is 0 Å². The first-order chi connectivity index (χ1) is 8.50. The van der Waals surface area contributed by atoms with Gasteiger partial charge in [0.1, 0.15) is 0 Å². The maximum Gasteiger partial charge on any atom is 0.222 e. The summed E-state index contributed by atoms with van der Waals surface area (Å²) >= 11 is 0. The van der Waals surface area contributed by atoms with Crippen LogP contribution in [-0.2, 0) is 9.59 Å². The van der Waals surface area contributed by atoms with Crippen LogP contribution in [0.2, 0.25) is 0 Å². The van der Waals surface area contributed by atoms with Crippen molar-refractivity contribution in [2.45, 2.75) is 51.6 Å². The van der Waals surface area contributed by atoms with Gasteiger partial charge in [0.05, 0.1) is 0 Å². The fraction of sp³-hybridized carbons (Fsp3) is 0.846. The zero-order valence-corrected chi connectivity index (χ0v) is 11.7. The molecule has 104 valence electrons. The third-order valence-electron chi connectivity index (χ3n) is 3.22. The molecule has 5 heteroatoms. The van der Waals surface area contributed by atoms with Crippen LogP contribution in [-0.4, -0.2) is 48.9 Å². The Kier molecular flexibility index (Phi) is 6.12. The largest absolute Gasteiger partial charge is 0.354 e. The van der Waals surface area contributed by atoms with Crippen molar-refractivity contribution in [1.29, 1.82) is 0 Å². The van der Waals surface area contributed by atoms with Gasteiger partial charge in [-0.2, -0.15) is 0 Å². The van der Waals surface area contributed by atoms with Crippen LogP contribution in [0.15, 0.2) is 0 Å². The molecule has 2 amide bonds. The molecule has 18 heavy (non-hydrogen) atoms. The third-order valence-corrected chi connectivity index (χ3v) is 3.22. The molecular formula is C13H25N3O2. The van der Waals surface area contributed by atoms with Gasteiger partial charge in [-0.1, -0.05) is 0 Å². The Morgan fingerprint density at radius 3 is 2.67 bits per heavy atom. The molecular weight excluding hydrogens is 230 g/mol. The van der Waals surface area contributed by atoms with Gasteiger partial charge < -0.3 is 15.5 Å². The normalized spacial score (nSPS) is 19.0. The first-order valence-electron chi connectivity index (χ1n) is 6.76. The Bertz CT molecular complexity index is 286. The highest BCUT2D eigenvalue weighted by molar-refractivity contribution is 5.79. The molecule has 0 aromatic carbocycles. The lowest BCUT2D eigenvalue weighted by molar-refractivity contribution is -0.131. The lowest BCUT2D eigenvalue weighted by atomic mass is 10.1. The van der Waals surface area contributed by atoms with E-state index in [1.807, 2.05) is 25.8 Å². The van der Waals surface area contributed by atoms with Crippen LogP contribution in [0.25, 0.3) is 0 Å². The number of likely N-dealkylation sites (N-methyl/N-ethyl adjacent to an activating group) is 1. The van der Waals surface area contributed by atoms with Crippen molar-refractivity contribution >= 4 is 11.8 Å². The van der Waals surface area contributed by atoms with E-state index in [9.17, 15) is 9.59 Å². The Morgan fingerprint density at radius 1 is 1.39 bits per heavy atom. The molecule has 1 rings (SSSR count). The van der Waals surface area contributed by atoms with E-state index in [4.69, 9.17) is 0 Å². The van der Waals surface area contributed by atoms with E-state index in [0.717, 1.165) is 19.5 Å². The van der Waals surface area contributed by atoms with Crippen molar-refractivity contribution in [1.82, 2.24) is 15.5 Å². The highest BCUT2D eigenvalue weighted by Crippen LogP contribution is 2.09. The lowest BCUT2D eigenvalue weighted by Crippen LogP contribution is -2.38. The topological polar surface area (TPSA) is 61.4 Å². The number of hydrogen-bond acceptors (Lipinski definition) is 3. The highest BCUT2D eigenvalue weighted by atomic mass is 16.2. The number of nitrogens with zero attached hydrogens (tertiary/aromatic N) is 1. The molecule has 1 aliphatic heterocycles. The maximum atomic E-state index is 11.9. The second-order valence-corrected chi connectivity index (χ2v) is 5.23. The summed E-state index contributed by atoms with van der Waals surface area (Å²) in [6.45, 7) is 5.74. The summed E-state index contributed by atoms with van der Waals surface area (Å²) in [7, 11) is 1.86. The third kappa shape index (κ3) is 5.04. The average molecular weight is 255 g/mol. The fourth-order valence-electron chi connectivity index (χ4n) is 2.14. The van der Waals surface area contributed by atoms with Crippen molar-refractivity contribution in [2.75, 3.05) is 20.1 Å². The van der Waals surface area contributed by atoms with Gasteiger partial charge in [-0.3, -0.25) is 9.59 Å². The Balaban J connectivity index is 2.18. The first kappa shape index (κ1) is 15.0. The standard InChI is InChI=1S/C13H25N3O2/c1-10(2)15-12(17)5-4-6-13(18)16(3)11-7-8-14-9-11/h10-11,14H,4-9H2,1-3H3,(H,15,17). The minimum Gasteiger partial charge on any atom is -0.354 e. The van der Waals surface area contributed by atoms with Crippen LogP contribution in [0.1, 0.15) is 39.5 Å². The molecule has 2 N–H and O–H groups in total. The van der Waals surface area contributed by atoms with Crippen LogP contribution in [0.3, 0.4) is 0 Å². The molecule has 1 aliphatic rings. The second-order valence-electron chi connectivity index (χ2n) is 5.23. The molecule has 0 spiro atoms. The van der Waals surface area contributed by atoms with E-state index >= 15 is 0 Å². The predicted molar refractivity (Wildman–Crippen MR) is 71.2 cm³/mol. The van der Waals surface area contributed by atoms with E-state index in [1.54, 1.807) is 0 Å². The molecule has 0 aromatic rings. The van der Waals surface area contributed by atoms with Crippen molar-refractivity contribution in [2.24, 2.45) is 0 Å². The molecule has 0 radical (unpaired) electrons. The minimum atomic E-state index is 0.0305. The van der Waals surface area contributed by atoms with Crippen LogP contribution < -0.4 is 10.6 Å². The zero-order chi connectivity index (χ0) is 13.5. The first-order valence-corrected chi connectivity index (χ1v) is 6.76. The second kappa shape index (κ2) is 7.36. The summed E-state index contributed by atoms with van der Waals surface area (Å²) in [6.07, 6.45) is 2.54. The molecule has 5 nitrogen and oxygen atoms in total. The van der Waals surface area contributed by atoms with Gasteiger partial charge in [-0.15, -0.1) is 0 Å². The molecule has 0 bridgehead atoms. The summed E-state index contributed by atoms with van der Waals surface area (Å²) in [4.78, 5) is 25.1. The molecule has 0 aliphatic carbocycles. The average Bonchev–Trinajstić information content (AvgIpc) is 2.80. The van der Waals surface area contributed by atoms with Crippen molar-refractivity contribution in [3.8, 4) is 0 Å². The van der Waals surface area contributed by atoms with Crippen LogP contribution in [0.4, 0.5) is 0 Å².